The van der Waals surface area contributed by atoms with Crippen molar-refractivity contribution in [2.24, 2.45) is 5.92 Å². The van der Waals surface area contributed by atoms with Crippen LogP contribution in [0.15, 0.2) is 40.1 Å². The zero-order valence-electron chi connectivity index (χ0n) is 12.1. The first-order valence-electron chi connectivity index (χ1n) is 7.41. The van der Waals surface area contributed by atoms with Crippen LogP contribution in [0.25, 0.3) is 0 Å². The van der Waals surface area contributed by atoms with Crippen molar-refractivity contribution in [1.82, 2.24) is 9.55 Å². The Balaban J connectivity index is 2.04. The third-order valence-corrected chi connectivity index (χ3v) is 4.15. The minimum atomic E-state index is -0.501. The summed E-state index contributed by atoms with van der Waals surface area (Å²) in [6.45, 7) is 0. The summed E-state index contributed by atoms with van der Waals surface area (Å²) in [5, 5.41) is 0. The Kier molecular flexibility index (Phi) is 3.83. The number of nitrogens with two attached hydrogens (primary N) is 1. The third kappa shape index (κ3) is 2.95. The van der Waals surface area contributed by atoms with Crippen molar-refractivity contribution in [2.45, 2.75) is 31.7 Å². The summed E-state index contributed by atoms with van der Waals surface area (Å²) < 4.78 is 14.6. The second-order valence-corrected chi connectivity index (χ2v) is 5.81. The van der Waals surface area contributed by atoms with Gasteiger partial charge in [-0.15, -0.1) is 0 Å². The molecule has 3 N–H and O–H groups in total. The molecule has 0 amide bonds. The first-order valence-corrected chi connectivity index (χ1v) is 7.41. The van der Waals surface area contributed by atoms with E-state index in [4.69, 9.17) is 5.73 Å². The molecule has 2 aromatic rings. The van der Waals surface area contributed by atoms with Crippen LogP contribution in [0.2, 0.25) is 0 Å². The van der Waals surface area contributed by atoms with Gasteiger partial charge in [-0.25, -0.2) is 9.18 Å². The van der Waals surface area contributed by atoms with Crippen LogP contribution in [0.3, 0.4) is 0 Å². The summed E-state index contributed by atoms with van der Waals surface area (Å²) in [6, 6.07) is 5.25. The first kappa shape index (κ1) is 14.6. The highest BCUT2D eigenvalue weighted by atomic mass is 19.1. The normalized spacial score (nSPS) is 15.7. The van der Waals surface area contributed by atoms with Crippen molar-refractivity contribution in [1.29, 1.82) is 0 Å². The Morgan fingerprint density at radius 1 is 1.32 bits per heavy atom. The van der Waals surface area contributed by atoms with Gasteiger partial charge in [0.25, 0.3) is 5.56 Å². The molecular formula is C16H18FN3O2. The molecule has 1 fully saturated rings. The molecule has 1 aromatic heterocycles. The SMILES string of the molecule is Nc1cc(C(CCC2CC2)n2c(=O)cc[nH]c2=O)ccc1F. The second-order valence-electron chi connectivity index (χ2n) is 5.81. The van der Waals surface area contributed by atoms with E-state index in [1.165, 1.54) is 41.8 Å². The minimum Gasteiger partial charge on any atom is -0.396 e. The molecule has 0 aliphatic heterocycles. The summed E-state index contributed by atoms with van der Waals surface area (Å²) in [7, 11) is 0. The van der Waals surface area contributed by atoms with E-state index in [0.29, 0.717) is 17.9 Å². The Morgan fingerprint density at radius 2 is 2.09 bits per heavy atom. The van der Waals surface area contributed by atoms with Gasteiger partial charge in [-0.1, -0.05) is 18.9 Å². The molecule has 3 rings (SSSR count). The van der Waals surface area contributed by atoms with E-state index in [-0.39, 0.29) is 11.2 Å². The number of nitrogens with zero attached hydrogens (tertiary/aromatic N) is 1. The lowest BCUT2D eigenvalue weighted by Gasteiger charge is -2.19. The highest BCUT2D eigenvalue weighted by Crippen LogP contribution is 2.36. The lowest BCUT2D eigenvalue weighted by atomic mass is 9.99. The van der Waals surface area contributed by atoms with Gasteiger partial charge in [-0.2, -0.15) is 0 Å². The van der Waals surface area contributed by atoms with Crippen molar-refractivity contribution < 1.29 is 4.39 Å². The fraction of sp³-hybridized carbons (Fsp3) is 0.375. The van der Waals surface area contributed by atoms with Crippen molar-refractivity contribution in [3.8, 4) is 0 Å². The van der Waals surface area contributed by atoms with Gasteiger partial charge in [0.05, 0.1) is 11.7 Å². The van der Waals surface area contributed by atoms with Crippen molar-refractivity contribution in [3.05, 3.63) is 62.7 Å². The molecule has 1 aromatic carbocycles. The van der Waals surface area contributed by atoms with E-state index in [2.05, 4.69) is 4.98 Å². The lowest BCUT2D eigenvalue weighted by molar-refractivity contribution is 0.469. The Labute approximate surface area is 126 Å². The van der Waals surface area contributed by atoms with E-state index >= 15 is 0 Å². The van der Waals surface area contributed by atoms with Crippen LogP contribution in [0.5, 0.6) is 0 Å². The molecule has 0 spiro atoms. The van der Waals surface area contributed by atoms with Gasteiger partial charge in [0, 0.05) is 12.3 Å². The maximum Gasteiger partial charge on any atom is 0.328 e. The topological polar surface area (TPSA) is 80.9 Å². The molecule has 116 valence electrons. The molecule has 22 heavy (non-hydrogen) atoms. The maximum atomic E-state index is 13.4. The Bertz CT molecular complexity index is 764. The van der Waals surface area contributed by atoms with Crippen LogP contribution in [0, 0.1) is 11.7 Å². The molecule has 1 unspecified atom stereocenters. The number of nitrogens with one attached hydrogen (secondary N) is 1. The zero-order valence-corrected chi connectivity index (χ0v) is 12.1. The van der Waals surface area contributed by atoms with E-state index in [1.54, 1.807) is 6.07 Å². The summed E-state index contributed by atoms with van der Waals surface area (Å²) in [4.78, 5) is 26.7. The van der Waals surface area contributed by atoms with Gasteiger partial charge in [0.15, 0.2) is 0 Å². The van der Waals surface area contributed by atoms with E-state index in [9.17, 15) is 14.0 Å². The molecule has 0 radical (unpaired) electrons. The number of anilines is 1. The monoisotopic (exact) mass is 303 g/mol. The number of H-pyrrole nitrogens is 1. The summed E-state index contributed by atoms with van der Waals surface area (Å²) in [5.41, 5.74) is 5.50. The number of halogens is 1. The average molecular weight is 303 g/mol. The number of aromatic amines is 1. The number of hydrogen-bond acceptors (Lipinski definition) is 3. The zero-order chi connectivity index (χ0) is 15.7. The first-order chi connectivity index (χ1) is 10.6. The van der Waals surface area contributed by atoms with Crippen LogP contribution in [-0.2, 0) is 0 Å². The highest BCUT2D eigenvalue weighted by molar-refractivity contribution is 5.43. The molecule has 0 bridgehead atoms. The number of nitrogen functional groups attached to an aromatic ring is 1. The van der Waals surface area contributed by atoms with Crippen molar-refractivity contribution in [2.75, 3.05) is 5.73 Å². The molecule has 0 saturated heterocycles. The quantitative estimate of drug-likeness (QED) is 0.829. The van der Waals surface area contributed by atoms with Gasteiger partial charge in [-0.05, 0) is 36.5 Å². The molecule has 1 heterocycles. The van der Waals surface area contributed by atoms with Gasteiger partial charge in [-0.3, -0.25) is 9.36 Å². The van der Waals surface area contributed by atoms with Crippen molar-refractivity contribution in [3.63, 3.8) is 0 Å². The molecular weight excluding hydrogens is 285 g/mol. The third-order valence-electron chi connectivity index (χ3n) is 4.15. The highest BCUT2D eigenvalue weighted by Gasteiger charge is 2.25. The van der Waals surface area contributed by atoms with E-state index in [0.717, 1.165) is 6.42 Å². The van der Waals surface area contributed by atoms with Crippen LogP contribution in [0.1, 0.15) is 37.3 Å². The summed E-state index contributed by atoms with van der Waals surface area (Å²) >= 11 is 0. The molecule has 5 nitrogen and oxygen atoms in total. The van der Waals surface area contributed by atoms with Crippen molar-refractivity contribution >= 4 is 5.69 Å². The average Bonchev–Trinajstić information content (AvgIpc) is 3.29. The van der Waals surface area contributed by atoms with Gasteiger partial charge < -0.3 is 10.7 Å². The lowest BCUT2D eigenvalue weighted by Crippen LogP contribution is -2.37. The van der Waals surface area contributed by atoms with Gasteiger partial charge in [0.2, 0.25) is 0 Å². The smallest absolute Gasteiger partial charge is 0.328 e. The maximum absolute atomic E-state index is 13.4. The summed E-state index contributed by atoms with van der Waals surface area (Å²) in [6.07, 6.45) is 5.31. The van der Waals surface area contributed by atoms with Gasteiger partial charge >= 0.3 is 5.69 Å². The fourth-order valence-corrected chi connectivity index (χ4v) is 2.74. The Hall–Kier alpha value is -2.37. The largest absolute Gasteiger partial charge is 0.396 e. The Morgan fingerprint density at radius 3 is 2.73 bits per heavy atom. The van der Waals surface area contributed by atoms with Gasteiger partial charge in [0.1, 0.15) is 5.82 Å². The molecule has 1 aliphatic rings. The van der Waals surface area contributed by atoms with Crippen LogP contribution in [-0.4, -0.2) is 9.55 Å². The fourth-order valence-electron chi connectivity index (χ4n) is 2.74. The van der Waals surface area contributed by atoms with E-state index in [1.807, 2.05) is 0 Å². The second kappa shape index (κ2) is 5.79. The summed E-state index contributed by atoms with van der Waals surface area (Å²) in [5.74, 6) is 0.165. The van der Waals surface area contributed by atoms with Crippen LogP contribution in [0.4, 0.5) is 10.1 Å². The molecule has 1 aliphatic carbocycles. The number of aromatic nitrogens is 2. The molecule has 1 atom stereocenters. The van der Waals surface area contributed by atoms with Crippen LogP contribution < -0.4 is 17.0 Å². The minimum absolute atomic E-state index is 0.0225. The van der Waals surface area contributed by atoms with Crippen LogP contribution >= 0.6 is 0 Å². The van der Waals surface area contributed by atoms with E-state index < -0.39 is 17.5 Å². The molecule has 1 saturated carbocycles. The number of rotatable bonds is 5. The number of hydrogen-bond donors (Lipinski definition) is 2. The number of benzene rings is 1. The molecule has 6 heteroatoms. The standard InChI is InChI=1S/C16H18FN3O2/c17-12-5-4-11(9-13(12)18)14(6-3-10-1-2-10)20-15(21)7-8-19-16(20)22/h4-5,7-10,14H,1-3,6,18H2,(H,19,22). The predicted octanol–water partition coefficient (Wildman–Crippen LogP) is 2.04. The predicted molar refractivity (Wildman–Crippen MR) is 82.2 cm³/mol.